The summed E-state index contributed by atoms with van der Waals surface area (Å²) >= 11 is 3.09. The summed E-state index contributed by atoms with van der Waals surface area (Å²) in [5.41, 5.74) is 0. The first kappa shape index (κ1) is 22.9. The summed E-state index contributed by atoms with van der Waals surface area (Å²) in [4.78, 5) is 0. The van der Waals surface area contributed by atoms with Gasteiger partial charge in [-0.3, -0.25) is 0 Å². The van der Waals surface area contributed by atoms with E-state index in [0.29, 0.717) is 0 Å². The largest absolute Gasteiger partial charge is 1.00 e. The molecule has 0 atom stereocenters. The van der Waals surface area contributed by atoms with Gasteiger partial charge in [0.1, 0.15) is 5.40 Å². The number of hydrogen-bond acceptors (Lipinski definition) is 2. The summed E-state index contributed by atoms with van der Waals surface area (Å²) in [7, 11) is 0. The molecule has 0 radical (unpaired) electrons. The molecule has 0 aromatic heterocycles. The first-order chi connectivity index (χ1) is 1.41. The molecule has 0 rings (SSSR count). The number of rotatable bonds is 0. The van der Waals surface area contributed by atoms with Crippen molar-refractivity contribution in [1.29, 1.82) is 5.26 Å². The second kappa shape index (κ2) is 24.1. The predicted molar refractivity (Wildman–Crippen MR) is 32.2 cm³/mol. The number of hydrogen-bond donors (Lipinski definition) is 1. The van der Waals surface area contributed by atoms with Crippen molar-refractivity contribution in [3.63, 3.8) is 0 Å². The van der Waals surface area contributed by atoms with Crippen molar-refractivity contribution in [3.05, 3.63) is 0 Å². The zero-order valence-electron chi connectivity index (χ0n) is 5.80. The van der Waals surface area contributed by atoms with Crippen LogP contribution in [0.2, 0.25) is 0 Å². The molecule has 0 heterocycles. The van der Waals surface area contributed by atoms with E-state index in [1.165, 1.54) is 5.40 Å². The molecule has 0 N–H and O–H groups in total. The monoisotopic (exact) mass is 251 g/mol. The van der Waals surface area contributed by atoms with Gasteiger partial charge in [0.25, 0.3) is 0 Å². The van der Waals surface area contributed by atoms with E-state index < -0.39 is 0 Å². The van der Waals surface area contributed by atoms with Gasteiger partial charge < -0.3 is 2.85 Å². The van der Waals surface area contributed by atoms with E-state index in [1.807, 2.05) is 0 Å². The minimum absolute atomic E-state index is 0. The molecule has 0 aromatic rings. The van der Waals surface area contributed by atoms with Crippen LogP contribution in [0.5, 0.6) is 0 Å². The Morgan fingerprint density at radius 2 is 1.67 bits per heavy atom. The topological polar surface area (TPSA) is 23.8 Å². The van der Waals surface area contributed by atoms with E-state index in [1.54, 1.807) is 0 Å². The molecule has 28 valence electrons. The van der Waals surface area contributed by atoms with Crippen molar-refractivity contribution >= 4 is 36.6 Å². The van der Waals surface area contributed by atoms with Crippen LogP contribution in [0.15, 0.2) is 0 Å². The van der Waals surface area contributed by atoms with Gasteiger partial charge in [-0.1, -0.05) is 12.6 Å². The molecule has 0 bridgehead atoms. The fourth-order valence-corrected chi connectivity index (χ4v) is 0. The number of nitrogens with zero attached hydrogens (tertiary/aromatic N) is 1. The maximum atomic E-state index is 7.18. The first-order valence-electron chi connectivity index (χ1n) is 0.447. The van der Waals surface area contributed by atoms with E-state index in [0.717, 1.165) is 0 Å². The maximum absolute atomic E-state index is 7.18. The van der Waals surface area contributed by atoms with Crippen molar-refractivity contribution in [2.45, 2.75) is 0 Å². The Morgan fingerprint density at radius 3 is 1.67 bits per heavy atom. The predicted octanol–water partition coefficient (Wildman–Crippen LogP) is -4.75. The summed E-state index contributed by atoms with van der Waals surface area (Å²) in [6.45, 7) is 0. The van der Waals surface area contributed by atoms with Crippen LogP contribution in [-0.2, 0) is 0 Å². The van der Waals surface area contributed by atoms with E-state index in [-0.39, 0.29) is 108 Å². The van der Waals surface area contributed by atoms with E-state index in [9.17, 15) is 0 Å². The van der Waals surface area contributed by atoms with Crippen LogP contribution in [0.3, 0.4) is 0 Å². The second-order valence-corrected chi connectivity index (χ2v) is 0.300. The van der Waals surface area contributed by atoms with Gasteiger partial charge in [-0.25, -0.2) is 0 Å². The molecule has 6 heavy (non-hydrogen) atoms. The van der Waals surface area contributed by atoms with Crippen LogP contribution in [0, 0.1) is 10.7 Å². The Labute approximate surface area is 128 Å². The summed E-state index contributed by atoms with van der Waals surface area (Å²) in [5, 5.41) is 8.63. The fraction of sp³-hybridized carbons (Fsp3) is 0. The Morgan fingerprint density at radius 1 is 1.67 bits per heavy atom. The van der Waals surface area contributed by atoms with Gasteiger partial charge in [-0.15, -0.1) is 24.0 Å². The van der Waals surface area contributed by atoms with Crippen LogP contribution in [-0.4, -0.2) is 0 Å². The Balaban J connectivity index is -0.00000000200. The van der Waals surface area contributed by atoms with Gasteiger partial charge in [0.05, 0.1) is 0 Å². The smallest absolute Gasteiger partial charge is 1.00 e. The molecule has 0 saturated carbocycles. The molecule has 0 aromatic carbocycles. The van der Waals surface area contributed by atoms with E-state index >= 15 is 0 Å². The first-order valence-corrected chi connectivity index (χ1v) is 0.894. The molecule has 0 saturated heterocycles. The second-order valence-electron chi connectivity index (χ2n) is 0.100. The molecule has 0 unspecified atom stereocenters. The van der Waals surface area contributed by atoms with Crippen LogP contribution >= 0.6 is 36.6 Å². The average molecular weight is 251 g/mol. The summed E-state index contributed by atoms with van der Waals surface area (Å²) in [6, 6.07) is 0. The molecule has 0 aliphatic heterocycles. The van der Waals surface area contributed by atoms with Crippen LogP contribution < -0.4 is 80.9 Å². The van der Waals surface area contributed by atoms with Crippen molar-refractivity contribution in [2.75, 3.05) is 0 Å². The SMILES string of the molecule is I.N#CS.[H-].[H-].[K+].[Na+]. The minimum Gasteiger partial charge on any atom is -1.00 e. The van der Waals surface area contributed by atoms with Crippen molar-refractivity contribution in [3.8, 4) is 5.40 Å². The quantitative estimate of drug-likeness (QED) is 0.199. The zero-order chi connectivity index (χ0) is 2.71. The van der Waals surface area contributed by atoms with Crippen molar-refractivity contribution < 1.29 is 83.8 Å². The number of thiol groups is 1. The number of nitriles is 1. The van der Waals surface area contributed by atoms with Gasteiger partial charge >= 0.3 is 80.9 Å². The number of thiocyanates is 1. The van der Waals surface area contributed by atoms with E-state index in [2.05, 4.69) is 12.6 Å². The van der Waals surface area contributed by atoms with Gasteiger partial charge in [0.2, 0.25) is 0 Å². The van der Waals surface area contributed by atoms with Crippen LogP contribution in [0.25, 0.3) is 0 Å². The Bertz CT molecular complexity index is 43.5. The third-order valence-corrected chi connectivity index (χ3v) is 0. The average Bonchev–Trinajstić information content (AvgIpc) is 0.918. The third-order valence-electron chi connectivity index (χ3n) is 0. The third kappa shape index (κ3) is 27.0. The van der Waals surface area contributed by atoms with Crippen molar-refractivity contribution in [1.82, 2.24) is 0 Å². The molecule has 1 nitrogen and oxygen atoms in total. The maximum Gasteiger partial charge on any atom is 1.00 e. The Hall–Kier alpha value is 3.21. The molecular formula is CH4IKNNaS. The summed E-state index contributed by atoms with van der Waals surface area (Å²) in [5.74, 6) is 0. The fourth-order valence-electron chi connectivity index (χ4n) is 0. The molecule has 0 spiro atoms. The summed E-state index contributed by atoms with van der Waals surface area (Å²) in [6.07, 6.45) is 0. The Kier molecular flexibility index (Phi) is 91.8. The minimum atomic E-state index is 0. The van der Waals surface area contributed by atoms with Gasteiger partial charge in [-0.05, 0) is 0 Å². The van der Waals surface area contributed by atoms with Gasteiger partial charge in [0, 0.05) is 0 Å². The van der Waals surface area contributed by atoms with E-state index in [4.69, 9.17) is 5.26 Å². The van der Waals surface area contributed by atoms with Crippen LogP contribution in [0.1, 0.15) is 2.85 Å². The zero-order valence-corrected chi connectivity index (χ0v) is 12.2. The normalized spacial score (nSPS) is 1.33. The summed E-state index contributed by atoms with van der Waals surface area (Å²) < 4.78 is 0. The van der Waals surface area contributed by atoms with Crippen LogP contribution in [0.4, 0.5) is 0 Å². The molecule has 0 amide bonds. The van der Waals surface area contributed by atoms with Crippen molar-refractivity contribution in [2.24, 2.45) is 0 Å². The standard InChI is InChI=1S/CHNS.HI.K.Na.2H/c2-1-3;;;;;/h3H;1H;;;;/q;;2*+1;2*-1. The molecule has 5 heteroatoms. The van der Waals surface area contributed by atoms with Gasteiger partial charge in [-0.2, -0.15) is 5.26 Å². The molecule has 0 aliphatic rings. The molecule has 0 fully saturated rings. The number of halogens is 1. The van der Waals surface area contributed by atoms with Gasteiger partial charge in [0.15, 0.2) is 0 Å². The molecule has 0 aliphatic carbocycles. The molecular weight excluding hydrogens is 247 g/mol.